The molecule has 0 heteroatoms. The van der Waals surface area contributed by atoms with Crippen molar-refractivity contribution in [2.45, 2.75) is 71.1 Å². The van der Waals surface area contributed by atoms with Crippen molar-refractivity contribution in [3.05, 3.63) is 11.6 Å². The maximum absolute atomic E-state index is 2.46. The van der Waals surface area contributed by atoms with Gasteiger partial charge in [-0.15, -0.1) is 0 Å². The largest absolute Gasteiger partial charge is 0.0853 e. The van der Waals surface area contributed by atoms with E-state index in [4.69, 9.17) is 0 Å². The van der Waals surface area contributed by atoms with E-state index in [1.165, 1.54) is 64.2 Å². The van der Waals surface area contributed by atoms with Gasteiger partial charge in [0.1, 0.15) is 0 Å². The normalized spacial score (nSPS) is 16.2. The molecule has 0 aliphatic heterocycles. The van der Waals surface area contributed by atoms with Crippen LogP contribution >= 0.6 is 0 Å². The molecule has 0 radical (unpaired) electrons. The monoisotopic (exact) mass is 180 g/mol. The maximum Gasteiger partial charge on any atom is -0.0317 e. The smallest absolute Gasteiger partial charge is 0.0317 e. The second kappa shape index (κ2) is 7.17. The Morgan fingerprint density at radius 2 is 1.85 bits per heavy atom. The summed E-state index contributed by atoms with van der Waals surface area (Å²) in [5.74, 6) is 0. The van der Waals surface area contributed by atoms with Crippen LogP contribution in [0.25, 0.3) is 0 Å². The summed E-state index contributed by atoms with van der Waals surface area (Å²) >= 11 is 0. The third-order valence-electron chi connectivity index (χ3n) is 2.99. The zero-order valence-electron chi connectivity index (χ0n) is 9.15. The fraction of sp³-hybridized carbons (Fsp3) is 0.846. The molecule has 76 valence electrons. The van der Waals surface area contributed by atoms with Crippen LogP contribution in [0.4, 0.5) is 0 Å². The quantitative estimate of drug-likeness (QED) is 0.388. The molecule has 0 fully saturated rings. The van der Waals surface area contributed by atoms with Gasteiger partial charge in [0.2, 0.25) is 0 Å². The second-order valence-corrected chi connectivity index (χ2v) is 4.27. The first kappa shape index (κ1) is 10.8. The molecule has 0 amide bonds. The molecular formula is C13H24. The number of rotatable bonds is 7. The van der Waals surface area contributed by atoms with Gasteiger partial charge >= 0.3 is 0 Å². The summed E-state index contributed by atoms with van der Waals surface area (Å²) in [5.41, 5.74) is 1.75. The zero-order chi connectivity index (χ0) is 9.36. The van der Waals surface area contributed by atoms with E-state index in [1.54, 1.807) is 5.57 Å². The minimum atomic E-state index is 1.35. The summed E-state index contributed by atoms with van der Waals surface area (Å²) in [6, 6.07) is 0. The molecule has 0 heterocycles. The first-order valence-electron chi connectivity index (χ1n) is 6.11. The number of unbranched alkanes of at least 4 members (excludes halogenated alkanes) is 5. The molecule has 0 aromatic rings. The molecular weight excluding hydrogens is 156 g/mol. The minimum absolute atomic E-state index is 1.35. The van der Waals surface area contributed by atoms with Crippen LogP contribution in [-0.2, 0) is 0 Å². The van der Waals surface area contributed by atoms with Gasteiger partial charge in [0.25, 0.3) is 0 Å². The topological polar surface area (TPSA) is 0 Å². The van der Waals surface area contributed by atoms with E-state index in [1.807, 2.05) is 0 Å². The molecule has 1 aliphatic carbocycles. The Bertz CT molecular complexity index is 144. The lowest BCUT2D eigenvalue weighted by Crippen LogP contribution is -1.81. The Labute approximate surface area is 83.4 Å². The zero-order valence-corrected chi connectivity index (χ0v) is 9.15. The standard InChI is InChI=1S/C13H24/c1-2-3-4-5-6-7-10-13-11-8-9-12-13/h11H,2-10,12H2,1H3. The van der Waals surface area contributed by atoms with E-state index in [9.17, 15) is 0 Å². The van der Waals surface area contributed by atoms with Gasteiger partial charge in [-0.25, -0.2) is 0 Å². The van der Waals surface area contributed by atoms with Gasteiger partial charge in [0.15, 0.2) is 0 Å². The van der Waals surface area contributed by atoms with Crippen LogP contribution in [0, 0.1) is 0 Å². The fourth-order valence-electron chi connectivity index (χ4n) is 2.10. The first-order chi connectivity index (χ1) is 6.43. The van der Waals surface area contributed by atoms with Crippen molar-refractivity contribution < 1.29 is 0 Å². The van der Waals surface area contributed by atoms with Crippen LogP contribution in [0.5, 0.6) is 0 Å². The number of allylic oxidation sites excluding steroid dienone is 2. The van der Waals surface area contributed by atoms with Gasteiger partial charge in [0.05, 0.1) is 0 Å². The Kier molecular flexibility index (Phi) is 5.97. The van der Waals surface area contributed by atoms with Crippen molar-refractivity contribution in [2.24, 2.45) is 0 Å². The summed E-state index contributed by atoms with van der Waals surface area (Å²) in [6.07, 6.45) is 16.6. The van der Waals surface area contributed by atoms with E-state index < -0.39 is 0 Å². The van der Waals surface area contributed by atoms with Crippen molar-refractivity contribution >= 4 is 0 Å². The number of hydrogen-bond acceptors (Lipinski definition) is 0. The Morgan fingerprint density at radius 3 is 2.54 bits per heavy atom. The third kappa shape index (κ3) is 5.13. The van der Waals surface area contributed by atoms with E-state index in [0.29, 0.717) is 0 Å². The summed E-state index contributed by atoms with van der Waals surface area (Å²) in [7, 11) is 0. The van der Waals surface area contributed by atoms with E-state index >= 15 is 0 Å². The summed E-state index contributed by atoms with van der Waals surface area (Å²) in [5, 5.41) is 0. The van der Waals surface area contributed by atoms with Gasteiger partial charge in [0, 0.05) is 0 Å². The maximum atomic E-state index is 2.46. The average molecular weight is 180 g/mol. The van der Waals surface area contributed by atoms with Gasteiger partial charge < -0.3 is 0 Å². The average Bonchev–Trinajstić information content (AvgIpc) is 2.63. The van der Waals surface area contributed by atoms with Crippen molar-refractivity contribution in [3.8, 4) is 0 Å². The highest BCUT2D eigenvalue weighted by molar-refractivity contribution is 5.06. The number of hydrogen-bond donors (Lipinski definition) is 0. The second-order valence-electron chi connectivity index (χ2n) is 4.27. The molecule has 1 rings (SSSR count). The molecule has 0 unspecified atom stereocenters. The van der Waals surface area contributed by atoms with Crippen LogP contribution < -0.4 is 0 Å². The van der Waals surface area contributed by atoms with E-state index in [2.05, 4.69) is 13.0 Å². The molecule has 13 heavy (non-hydrogen) atoms. The SMILES string of the molecule is CCCCCCCCC1=CCCC1. The van der Waals surface area contributed by atoms with Gasteiger partial charge in [-0.2, -0.15) is 0 Å². The summed E-state index contributed by atoms with van der Waals surface area (Å²) in [6.45, 7) is 2.28. The van der Waals surface area contributed by atoms with Crippen molar-refractivity contribution in [1.29, 1.82) is 0 Å². The molecule has 0 nitrogen and oxygen atoms in total. The third-order valence-corrected chi connectivity index (χ3v) is 2.99. The lowest BCUT2D eigenvalue weighted by atomic mass is 10.1. The van der Waals surface area contributed by atoms with Gasteiger partial charge in [-0.3, -0.25) is 0 Å². The Hall–Kier alpha value is -0.260. The lowest BCUT2D eigenvalue weighted by Gasteiger charge is -2.01. The molecule has 1 aliphatic rings. The predicted octanol–water partition coefficient (Wildman–Crippen LogP) is 4.85. The molecule has 0 spiro atoms. The van der Waals surface area contributed by atoms with Crippen molar-refractivity contribution in [3.63, 3.8) is 0 Å². The highest BCUT2D eigenvalue weighted by Gasteiger charge is 2.03. The highest BCUT2D eigenvalue weighted by atomic mass is 14.1. The summed E-state index contributed by atoms with van der Waals surface area (Å²) in [4.78, 5) is 0. The minimum Gasteiger partial charge on any atom is -0.0853 e. The molecule has 0 aromatic heterocycles. The van der Waals surface area contributed by atoms with Crippen LogP contribution in [0.1, 0.15) is 71.1 Å². The molecule has 0 atom stereocenters. The fourth-order valence-corrected chi connectivity index (χ4v) is 2.10. The molecule has 0 saturated heterocycles. The van der Waals surface area contributed by atoms with E-state index in [-0.39, 0.29) is 0 Å². The van der Waals surface area contributed by atoms with Gasteiger partial charge in [-0.05, 0) is 32.1 Å². The molecule has 0 saturated carbocycles. The lowest BCUT2D eigenvalue weighted by molar-refractivity contribution is 0.603. The Morgan fingerprint density at radius 1 is 1.08 bits per heavy atom. The molecule has 0 bridgehead atoms. The highest BCUT2D eigenvalue weighted by Crippen LogP contribution is 2.22. The summed E-state index contributed by atoms with van der Waals surface area (Å²) < 4.78 is 0. The molecule has 0 N–H and O–H groups in total. The Balaban J connectivity index is 1.83. The van der Waals surface area contributed by atoms with E-state index in [0.717, 1.165) is 0 Å². The van der Waals surface area contributed by atoms with Crippen molar-refractivity contribution in [1.82, 2.24) is 0 Å². The van der Waals surface area contributed by atoms with Crippen molar-refractivity contribution in [2.75, 3.05) is 0 Å². The van der Waals surface area contributed by atoms with Gasteiger partial charge in [-0.1, -0.05) is 50.7 Å². The van der Waals surface area contributed by atoms with Crippen LogP contribution in [0.15, 0.2) is 11.6 Å². The first-order valence-corrected chi connectivity index (χ1v) is 6.11. The predicted molar refractivity (Wildman–Crippen MR) is 59.9 cm³/mol. The van der Waals surface area contributed by atoms with Crippen LogP contribution in [-0.4, -0.2) is 0 Å². The van der Waals surface area contributed by atoms with Crippen LogP contribution in [0.2, 0.25) is 0 Å². The molecule has 0 aromatic carbocycles. The van der Waals surface area contributed by atoms with Crippen LogP contribution in [0.3, 0.4) is 0 Å².